The molecule has 1 saturated heterocycles. The van der Waals surface area contributed by atoms with Crippen LogP contribution in [-0.4, -0.2) is 39.0 Å². The van der Waals surface area contributed by atoms with E-state index in [1.54, 1.807) is 5.48 Å². The van der Waals surface area contributed by atoms with Gasteiger partial charge in [0.1, 0.15) is 5.69 Å². The Morgan fingerprint density at radius 3 is 2.06 bits per heavy atom. The van der Waals surface area contributed by atoms with Crippen LogP contribution < -0.4 is 10.8 Å². The van der Waals surface area contributed by atoms with E-state index in [4.69, 9.17) is 24.1 Å². The number of benzene rings is 4. The molecule has 0 saturated carbocycles. The smallest absolute Gasteiger partial charge is 0.256 e. The maximum Gasteiger partial charge on any atom is 0.256 e. The molecule has 0 aliphatic carbocycles. The fourth-order valence-corrected chi connectivity index (χ4v) is 6.85. The van der Waals surface area contributed by atoms with E-state index < -0.39 is 12.2 Å². The van der Waals surface area contributed by atoms with E-state index in [1.165, 1.54) is 11.8 Å². The lowest BCUT2D eigenvalue weighted by Gasteiger charge is -2.36. The Bertz CT molecular complexity index is 1810. The Morgan fingerprint density at radius 2 is 1.38 bits per heavy atom. The largest absolute Gasteiger partial charge is 0.431 e. The minimum atomic E-state index is -0.622. The van der Waals surface area contributed by atoms with Crippen LogP contribution in [0.15, 0.2) is 119 Å². The molecule has 0 radical (unpaired) electrons. The standard InChI is InChI=1S/C41H43N3O7S/c45-26-29-18-20-30(21-19-29)35-24-34(27-52-41-43-38(31-10-4-1-5-11-31)39(51-41)32-12-6-2-7-13-32)49-40(50-35)33-22-16-28(17-23-33)25-42-36(46)14-8-3-9-15-37(47)44-48/h1-2,4-7,10-13,16-23,34-35,40,45,48H,3,8-9,14-15,24-27H2,(H,42,46)(H,44,47)/t34-,35+,40+/m0/s1. The number of hydrogen-bond donors (Lipinski definition) is 4. The molecule has 2 heterocycles. The number of thioether (sulfide) groups is 1. The van der Waals surface area contributed by atoms with Gasteiger partial charge in [0.25, 0.3) is 5.22 Å². The van der Waals surface area contributed by atoms with Crippen molar-refractivity contribution < 1.29 is 33.8 Å². The van der Waals surface area contributed by atoms with Gasteiger partial charge in [0, 0.05) is 48.3 Å². The van der Waals surface area contributed by atoms with Crippen LogP contribution in [0.4, 0.5) is 0 Å². The van der Waals surface area contributed by atoms with E-state index in [0.717, 1.165) is 51.3 Å². The number of hydrogen-bond acceptors (Lipinski definition) is 9. The summed E-state index contributed by atoms with van der Waals surface area (Å²) < 4.78 is 19.5. The van der Waals surface area contributed by atoms with Crippen LogP contribution in [0.1, 0.15) is 73.2 Å². The number of unbranched alkanes of at least 4 members (excludes halogenated alkanes) is 2. The zero-order chi connectivity index (χ0) is 36.1. The molecule has 0 bridgehead atoms. The number of nitrogens with one attached hydrogen (secondary N) is 2. The van der Waals surface area contributed by atoms with E-state index in [9.17, 15) is 14.7 Å². The van der Waals surface area contributed by atoms with Crippen LogP contribution in [0.3, 0.4) is 0 Å². The molecule has 0 unspecified atom stereocenters. The van der Waals surface area contributed by atoms with Crippen LogP contribution >= 0.6 is 11.8 Å². The maximum absolute atomic E-state index is 12.4. The predicted octanol–water partition coefficient (Wildman–Crippen LogP) is 7.91. The average molecular weight is 722 g/mol. The Kier molecular flexibility index (Phi) is 13.3. The van der Waals surface area contributed by atoms with Crippen molar-refractivity contribution in [3.63, 3.8) is 0 Å². The monoisotopic (exact) mass is 721 g/mol. The first-order chi connectivity index (χ1) is 25.5. The number of nitrogens with zero attached hydrogens (tertiary/aromatic N) is 1. The SMILES string of the molecule is O=C(CCCCCC(=O)NCc1ccc([C@@H]2O[C@H](CSc3nc(-c4ccccc4)c(-c4ccccc4)o3)C[C@H](c3ccc(CO)cc3)O2)cc1)NO. The molecule has 10 nitrogen and oxygen atoms in total. The number of aromatic nitrogens is 1. The second-order valence-corrected chi connectivity index (χ2v) is 13.6. The first-order valence-corrected chi connectivity index (χ1v) is 18.5. The van der Waals surface area contributed by atoms with Gasteiger partial charge >= 0.3 is 0 Å². The van der Waals surface area contributed by atoms with Crippen LogP contribution in [-0.2, 0) is 32.2 Å². The highest BCUT2D eigenvalue weighted by atomic mass is 32.2. The zero-order valence-corrected chi connectivity index (χ0v) is 29.6. The Morgan fingerprint density at radius 1 is 0.750 bits per heavy atom. The molecular weight excluding hydrogens is 679 g/mol. The van der Waals surface area contributed by atoms with Crippen molar-refractivity contribution in [3.8, 4) is 22.6 Å². The van der Waals surface area contributed by atoms with Crippen molar-refractivity contribution in [2.24, 2.45) is 0 Å². The first kappa shape index (κ1) is 37.0. The Labute approximate surface area is 307 Å². The summed E-state index contributed by atoms with van der Waals surface area (Å²) in [6.45, 7) is 0.366. The lowest BCUT2D eigenvalue weighted by Crippen LogP contribution is -2.31. The summed E-state index contributed by atoms with van der Waals surface area (Å²) in [5.74, 6) is 0.845. The molecule has 11 heteroatoms. The van der Waals surface area contributed by atoms with E-state index in [1.807, 2.05) is 109 Å². The number of amides is 2. The van der Waals surface area contributed by atoms with E-state index in [2.05, 4.69) is 5.32 Å². The molecule has 2 amide bonds. The van der Waals surface area contributed by atoms with Gasteiger partial charge in [0.2, 0.25) is 11.8 Å². The van der Waals surface area contributed by atoms with Gasteiger partial charge < -0.3 is 24.3 Å². The fourth-order valence-electron chi connectivity index (χ4n) is 6.01. The molecule has 3 atom stereocenters. The van der Waals surface area contributed by atoms with Crippen LogP contribution in [0.2, 0.25) is 0 Å². The third kappa shape index (κ3) is 10.2. The van der Waals surface area contributed by atoms with Crippen molar-refractivity contribution in [1.82, 2.24) is 15.8 Å². The quantitative estimate of drug-likeness (QED) is 0.0346. The molecule has 52 heavy (non-hydrogen) atoms. The first-order valence-electron chi connectivity index (χ1n) is 17.5. The van der Waals surface area contributed by atoms with Crippen LogP contribution in [0.25, 0.3) is 22.6 Å². The summed E-state index contributed by atoms with van der Waals surface area (Å²) in [7, 11) is 0. The van der Waals surface area contributed by atoms with Crippen LogP contribution in [0.5, 0.6) is 0 Å². The highest BCUT2D eigenvalue weighted by Gasteiger charge is 2.33. The molecule has 1 aliphatic rings. The van der Waals surface area contributed by atoms with Gasteiger partial charge in [0.05, 0.1) is 18.8 Å². The lowest BCUT2D eigenvalue weighted by molar-refractivity contribution is -0.245. The third-order valence-electron chi connectivity index (χ3n) is 8.87. The van der Waals surface area contributed by atoms with Crippen molar-refractivity contribution in [2.75, 3.05) is 5.75 Å². The number of aliphatic hydroxyl groups is 1. The number of oxazole rings is 1. The second kappa shape index (κ2) is 18.6. The highest BCUT2D eigenvalue weighted by Crippen LogP contribution is 2.41. The summed E-state index contributed by atoms with van der Waals surface area (Å²) >= 11 is 1.51. The number of carbonyl (C=O) groups excluding carboxylic acids is 2. The van der Waals surface area contributed by atoms with Gasteiger partial charge in [-0.3, -0.25) is 14.8 Å². The molecule has 4 aromatic carbocycles. The summed E-state index contributed by atoms with van der Waals surface area (Å²) in [6.07, 6.45) is 2.20. The minimum absolute atomic E-state index is 0.0266. The van der Waals surface area contributed by atoms with Crippen molar-refractivity contribution in [2.45, 2.75) is 75.4 Å². The number of hydroxylamine groups is 1. The molecular formula is C41H43N3O7S. The number of aliphatic hydroxyl groups excluding tert-OH is 1. The topological polar surface area (TPSA) is 143 Å². The van der Waals surface area contributed by atoms with E-state index in [-0.39, 0.29) is 31.1 Å². The van der Waals surface area contributed by atoms with Crippen molar-refractivity contribution in [1.29, 1.82) is 0 Å². The maximum atomic E-state index is 12.4. The lowest BCUT2D eigenvalue weighted by atomic mass is 10.0. The molecule has 6 rings (SSSR count). The third-order valence-corrected chi connectivity index (χ3v) is 9.83. The molecule has 270 valence electrons. The van der Waals surface area contributed by atoms with Crippen molar-refractivity contribution in [3.05, 3.63) is 131 Å². The second-order valence-electron chi connectivity index (χ2n) is 12.7. The van der Waals surface area contributed by atoms with E-state index >= 15 is 0 Å². The fraction of sp³-hybridized carbons (Fsp3) is 0.293. The normalized spacial score (nSPS) is 17.1. The molecule has 1 aromatic heterocycles. The Hall–Kier alpha value is -4.78. The molecule has 4 N–H and O–H groups in total. The van der Waals surface area contributed by atoms with Gasteiger partial charge in [-0.05, 0) is 29.5 Å². The van der Waals surface area contributed by atoms with Crippen LogP contribution in [0, 0.1) is 0 Å². The summed E-state index contributed by atoms with van der Waals surface area (Å²) in [5.41, 5.74) is 8.00. The molecule has 5 aromatic rings. The van der Waals surface area contributed by atoms with Gasteiger partial charge in [0.15, 0.2) is 12.1 Å². The predicted molar refractivity (Wildman–Crippen MR) is 198 cm³/mol. The Balaban J connectivity index is 1.11. The number of ether oxygens (including phenoxy) is 2. The molecule has 0 spiro atoms. The van der Waals surface area contributed by atoms with Gasteiger partial charge in [-0.15, -0.1) is 0 Å². The molecule has 1 fully saturated rings. The van der Waals surface area contributed by atoms with E-state index in [0.29, 0.717) is 43.2 Å². The summed E-state index contributed by atoms with van der Waals surface area (Å²) in [4.78, 5) is 28.4. The summed E-state index contributed by atoms with van der Waals surface area (Å²) in [6, 6.07) is 35.7. The number of rotatable bonds is 16. The minimum Gasteiger partial charge on any atom is -0.431 e. The van der Waals surface area contributed by atoms with Gasteiger partial charge in [-0.25, -0.2) is 10.5 Å². The van der Waals surface area contributed by atoms with Gasteiger partial charge in [-0.1, -0.05) is 127 Å². The zero-order valence-electron chi connectivity index (χ0n) is 28.8. The highest BCUT2D eigenvalue weighted by molar-refractivity contribution is 7.99. The van der Waals surface area contributed by atoms with Crippen molar-refractivity contribution >= 4 is 23.6 Å². The average Bonchev–Trinajstić information content (AvgIpc) is 3.64. The molecule has 1 aliphatic heterocycles. The summed E-state index contributed by atoms with van der Waals surface area (Å²) in [5, 5.41) is 21.7. The number of carbonyl (C=O) groups is 2. The van der Waals surface area contributed by atoms with Gasteiger partial charge in [-0.2, -0.15) is 0 Å².